The van der Waals surface area contributed by atoms with E-state index in [0.29, 0.717) is 18.7 Å². The molecule has 0 aliphatic rings. The van der Waals surface area contributed by atoms with Crippen LogP contribution in [0, 0.1) is 5.41 Å². The van der Waals surface area contributed by atoms with Crippen LogP contribution in [0.5, 0.6) is 5.75 Å². The van der Waals surface area contributed by atoms with Crippen LogP contribution in [0.3, 0.4) is 0 Å². The van der Waals surface area contributed by atoms with Crippen molar-refractivity contribution < 1.29 is 13.2 Å². The first-order valence-corrected chi connectivity index (χ1v) is 7.18. The number of ether oxygens (including phenoxy) is 1. The maximum Gasteiger partial charge on any atom is 0.299 e. The minimum Gasteiger partial charge on any atom is -0.495 e. The van der Waals surface area contributed by atoms with Gasteiger partial charge in [0.25, 0.3) is 10.2 Å². The van der Waals surface area contributed by atoms with Crippen molar-refractivity contribution in [3.63, 3.8) is 0 Å². The van der Waals surface area contributed by atoms with E-state index < -0.39 is 10.2 Å². The van der Waals surface area contributed by atoms with Crippen LogP contribution in [-0.4, -0.2) is 27.9 Å². The van der Waals surface area contributed by atoms with Crippen LogP contribution in [0.2, 0.25) is 0 Å². The molecular formula is C11H18N4O3S. The summed E-state index contributed by atoms with van der Waals surface area (Å²) in [5.74, 6) is 0.0571. The van der Waals surface area contributed by atoms with Crippen LogP contribution < -0.4 is 19.9 Å². The van der Waals surface area contributed by atoms with Crippen molar-refractivity contribution >= 4 is 21.7 Å². The Bertz CT molecular complexity index is 557. The van der Waals surface area contributed by atoms with Gasteiger partial charge in [0.1, 0.15) is 17.3 Å². The number of nitrogens with two attached hydrogens (primary N) is 1. The molecule has 0 fully saturated rings. The normalized spacial score (nSPS) is 11.1. The second-order valence-corrected chi connectivity index (χ2v) is 5.30. The third kappa shape index (κ3) is 4.11. The zero-order valence-electron chi connectivity index (χ0n) is 10.9. The molecule has 0 aromatic heterocycles. The number of rotatable bonds is 7. The number of benzene rings is 1. The van der Waals surface area contributed by atoms with Gasteiger partial charge in [-0.1, -0.05) is 13.0 Å². The summed E-state index contributed by atoms with van der Waals surface area (Å²) >= 11 is 0. The minimum atomic E-state index is -3.72. The van der Waals surface area contributed by atoms with Crippen LogP contribution >= 0.6 is 0 Å². The monoisotopic (exact) mass is 286 g/mol. The Labute approximate surface area is 112 Å². The van der Waals surface area contributed by atoms with Crippen molar-refractivity contribution in [1.29, 1.82) is 5.41 Å². The van der Waals surface area contributed by atoms with Gasteiger partial charge in [-0.25, -0.2) is 0 Å². The van der Waals surface area contributed by atoms with E-state index in [9.17, 15) is 8.42 Å². The number of hydrogen-bond donors (Lipinski definition) is 4. The largest absolute Gasteiger partial charge is 0.495 e. The summed E-state index contributed by atoms with van der Waals surface area (Å²) in [6.07, 6.45) is 0.673. The van der Waals surface area contributed by atoms with Gasteiger partial charge in [0.05, 0.1) is 7.11 Å². The Morgan fingerprint density at radius 2 is 2.16 bits per heavy atom. The summed E-state index contributed by atoms with van der Waals surface area (Å²) in [6.45, 7) is 2.17. The fraction of sp³-hybridized carbons (Fsp3) is 0.364. The van der Waals surface area contributed by atoms with Gasteiger partial charge in [-0.3, -0.25) is 10.1 Å². The van der Waals surface area contributed by atoms with Gasteiger partial charge in [-0.15, -0.1) is 0 Å². The molecule has 0 radical (unpaired) electrons. The fourth-order valence-corrected chi connectivity index (χ4v) is 2.46. The maximum atomic E-state index is 11.8. The molecule has 0 aliphatic carbocycles. The summed E-state index contributed by atoms with van der Waals surface area (Å²) < 4.78 is 33.4. The van der Waals surface area contributed by atoms with Crippen molar-refractivity contribution in [2.75, 3.05) is 18.4 Å². The van der Waals surface area contributed by atoms with Gasteiger partial charge in [0.2, 0.25) is 0 Å². The number of amidine groups is 1. The van der Waals surface area contributed by atoms with E-state index in [1.807, 2.05) is 6.92 Å². The molecule has 8 heteroatoms. The van der Waals surface area contributed by atoms with Gasteiger partial charge < -0.3 is 10.5 Å². The molecule has 0 heterocycles. The van der Waals surface area contributed by atoms with Gasteiger partial charge in [0, 0.05) is 12.1 Å². The van der Waals surface area contributed by atoms with Crippen molar-refractivity contribution in [3.8, 4) is 5.75 Å². The molecule has 0 atom stereocenters. The maximum absolute atomic E-state index is 11.8. The molecule has 7 nitrogen and oxygen atoms in total. The van der Waals surface area contributed by atoms with Crippen molar-refractivity contribution in [1.82, 2.24) is 4.72 Å². The molecule has 1 aromatic carbocycles. The molecular weight excluding hydrogens is 268 g/mol. The summed E-state index contributed by atoms with van der Waals surface area (Å²) in [6, 6.07) is 4.76. The highest BCUT2D eigenvalue weighted by atomic mass is 32.2. The molecule has 19 heavy (non-hydrogen) atoms. The first-order chi connectivity index (χ1) is 8.91. The highest BCUT2D eigenvalue weighted by molar-refractivity contribution is 7.90. The molecule has 0 bridgehead atoms. The molecule has 0 saturated heterocycles. The second-order valence-electron chi connectivity index (χ2n) is 3.80. The number of para-hydroxylation sites is 1. The van der Waals surface area contributed by atoms with E-state index in [1.54, 1.807) is 18.2 Å². The lowest BCUT2D eigenvalue weighted by atomic mass is 10.1. The van der Waals surface area contributed by atoms with E-state index in [2.05, 4.69) is 9.44 Å². The zero-order valence-corrected chi connectivity index (χ0v) is 11.7. The number of hydrogen-bond acceptors (Lipinski definition) is 4. The summed E-state index contributed by atoms with van der Waals surface area (Å²) in [7, 11) is -2.30. The fourth-order valence-electron chi connectivity index (χ4n) is 1.44. The smallest absolute Gasteiger partial charge is 0.299 e. The molecule has 0 unspecified atom stereocenters. The number of methoxy groups -OCH3 is 1. The zero-order chi connectivity index (χ0) is 14.5. The highest BCUT2D eigenvalue weighted by Gasteiger charge is 2.17. The van der Waals surface area contributed by atoms with Gasteiger partial charge in [-0.05, 0) is 18.6 Å². The van der Waals surface area contributed by atoms with Crippen LogP contribution in [0.1, 0.15) is 18.9 Å². The number of nitrogen functional groups attached to an aromatic ring is 1. The molecule has 0 spiro atoms. The Hall–Kier alpha value is -1.80. The Morgan fingerprint density at radius 1 is 1.47 bits per heavy atom. The predicted molar refractivity (Wildman–Crippen MR) is 74.8 cm³/mol. The van der Waals surface area contributed by atoms with Gasteiger partial charge >= 0.3 is 0 Å². The predicted octanol–water partition coefficient (Wildman–Crippen LogP) is 0.636. The van der Waals surface area contributed by atoms with E-state index in [4.69, 9.17) is 15.9 Å². The van der Waals surface area contributed by atoms with Crippen LogP contribution in [-0.2, 0) is 10.2 Å². The SMILES string of the molecule is CCCNS(=O)(=O)Nc1c(OC)cccc1C(=N)N. The summed E-state index contributed by atoms with van der Waals surface area (Å²) in [5.41, 5.74) is 5.85. The molecule has 0 saturated carbocycles. The Morgan fingerprint density at radius 3 is 2.68 bits per heavy atom. The quantitative estimate of drug-likeness (QED) is 0.434. The average Bonchev–Trinajstić information content (AvgIpc) is 2.36. The number of nitrogens with one attached hydrogen (secondary N) is 3. The topological polar surface area (TPSA) is 117 Å². The van der Waals surface area contributed by atoms with E-state index in [0.717, 1.165) is 0 Å². The van der Waals surface area contributed by atoms with Crippen molar-refractivity contribution in [2.45, 2.75) is 13.3 Å². The lowest BCUT2D eigenvalue weighted by Crippen LogP contribution is -2.31. The second kappa shape index (κ2) is 6.39. The summed E-state index contributed by atoms with van der Waals surface area (Å²) in [4.78, 5) is 0. The van der Waals surface area contributed by atoms with E-state index >= 15 is 0 Å². The minimum absolute atomic E-state index is 0.154. The van der Waals surface area contributed by atoms with Crippen LogP contribution in [0.15, 0.2) is 18.2 Å². The number of anilines is 1. The lowest BCUT2D eigenvalue weighted by molar-refractivity contribution is 0.416. The molecule has 0 amide bonds. The lowest BCUT2D eigenvalue weighted by Gasteiger charge is -2.15. The van der Waals surface area contributed by atoms with Crippen molar-refractivity contribution in [2.24, 2.45) is 5.73 Å². The van der Waals surface area contributed by atoms with Crippen LogP contribution in [0.4, 0.5) is 5.69 Å². The summed E-state index contributed by atoms with van der Waals surface area (Å²) in [5, 5.41) is 7.46. The third-order valence-corrected chi connectivity index (χ3v) is 3.37. The molecule has 1 aromatic rings. The van der Waals surface area contributed by atoms with Gasteiger partial charge in [0.15, 0.2) is 0 Å². The van der Waals surface area contributed by atoms with E-state index in [-0.39, 0.29) is 17.1 Å². The first kappa shape index (κ1) is 15.3. The first-order valence-electron chi connectivity index (χ1n) is 5.70. The van der Waals surface area contributed by atoms with E-state index in [1.165, 1.54) is 7.11 Å². The standard InChI is InChI=1S/C11H18N4O3S/c1-3-7-14-19(16,17)15-10-8(11(12)13)5-4-6-9(10)18-2/h4-6,14-15H,3,7H2,1-2H3,(H3,12,13). The van der Waals surface area contributed by atoms with Crippen molar-refractivity contribution in [3.05, 3.63) is 23.8 Å². The van der Waals surface area contributed by atoms with Gasteiger partial charge in [-0.2, -0.15) is 13.1 Å². The average molecular weight is 286 g/mol. The van der Waals surface area contributed by atoms with Crippen LogP contribution in [0.25, 0.3) is 0 Å². The Kier molecular flexibility index (Phi) is 5.13. The third-order valence-electron chi connectivity index (χ3n) is 2.31. The molecule has 106 valence electrons. The Balaban J connectivity index is 3.15. The molecule has 5 N–H and O–H groups in total. The highest BCUT2D eigenvalue weighted by Crippen LogP contribution is 2.28. The molecule has 1 rings (SSSR count). The molecule has 0 aliphatic heterocycles.